The van der Waals surface area contributed by atoms with E-state index in [4.69, 9.17) is 28.6 Å². The zero-order chi connectivity index (χ0) is 17.2. The summed E-state index contributed by atoms with van der Waals surface area (Å²) in [5.41, 5.74) is 4.88. The van der Waals surface area contributed by atoms with E-state index in [1.165, 1.54) is 0 Å². The maximum absolute atomic E-state index is 5.96. The fourth-order valence-electron chi connectivity index (χ4n) is 1.85. The third kappa shape index (κ3) is 6.40. The topological polar surface area (TPSA) is 47.3 Å². The number of hydrogen-bond donors (Lipinski definition) is 3. The summed E-state index contributed by atoms with van der Waals surface area (Å²) in [6.07, 6.45) is 3.54. The molecule has 2 aromatic carbocycles. The summed E-state index contributed by atoms with van der Waals surface area (Å²) < 4.78 is 5.74. The van der Waals surface area contributed by atoms with Crippen LogP contribution in [-0.4, -0.2) is 17.9 Å². The molecule has 2 rings (SSSR count). The molecule has 0 aliphatic rings. The third-order valence-electron chi connectivity index (χ3n) is 3.01. The lowest BCUT2D eigenvalue weighted by molar-refractivity contribution is -0.500. The first-order valence-electron chi connectivity index (χ1n) is 7.38. The van der Waals surface area contributed by atoms with Crippen LogP contribution < -0.4 is 20.6 Å². The number of hydrazone groups is 1. The molecule has 0 spiro atoms. The zero-order valence-electron chi connectivity index (χ0n) is 13.1. The lowest BCUT2D eigenvalue weighted by Crippen LogP contribution is -2.82. The highest BCUT2D eigenvalue weighted by Gasteiger charge is 1.99. The Labute approximate surface area is 152 Å². The Bertz CT molecular complexity index is 716. The summed E-state index contributed by atoms with van der Waals surface area (Å²) in [5.74, 6) is 0.795. The first kappa shape index (κ1) is 18.0. The monoisotopic (exact) mass is 360 g/mol. The SMILES string of the molecule is C=CCNC(=S)N[NH+]=Cc1ccc(OCc2cccc(Cl)c2)cc1. The molecular formula is C18H19ClN3OS+. The van der Waals surface area contributed by atoms with E-state index in [0.29, 0.717) is 23.3 Å². The Morgan fingerprint density at radius 1 is 1.25 bits per heavy atom. The molecule has 0 heterocycles. The highest BCUT2D eigenvalue weighted by atomic mass is 35.5. The Kier molecular flexibility index (Phi) is 7.26. The first-order valence-corrected chi connectivity index (χ1v) is 8.17. The molecule has 0 radical (unpaired) electrons. The number of benzene rings is 2. The van der Waals surface area contributed by atoms with Crippen LogP contribution in [-0.2, 0) is 6.61 Å². The van der Waals surface area contributed by atoms with Crippen molar-refractivity contribution in [2.24, 2.45) is 0 Å². The van der Waals surface area contributed by atoms with Gasteiger partial charge in [0.1, 0.15) is 12.4 Å². The van der Waals surface area contributed by atoms with Crippen LogP contribution in [0.3, 0.4) is 0 Å². The zero-order valence-corrected chi connectivity index (χ0v) is 14.7. The highest BCUT2D eigenvalue weighted by Crippen LogP contribution is 2.15. The predicted octanol–water partition coefficient (Wildman–Crippen LogP) is 1.98. The quantitative estimate of drug-likeness (QED) is 0.306. The Morgan fingerprint density at radius 3 is 2.75 bits per heavy atom. The number of hydrogen-bond acceptors (Lipinski definition) is 2. The molecule has 0 amide bonds. The minimum Gasteiger partial charge on any atom is -0.489 e. The van der Waals surface area contributed by atoms with Gasteiger partial charge in [-0.25, -0.2) is 0 Å². The lowest BCUT2D eigenvalue weighted by Gasteiger charge is -2.06. The van der Waals surface area contributed by atoms with Gasteiger partial charge in [-0.05, 0) is 54.2 Å². The van der Waals surface area contributed by atoms with Gasteiger partial charge in [0.05, 0.1) is 0 Å². The van der Waals surface area contributed by atoms with Crippen molar-refractivity contribution in [1.29, 1.82) is 0 Å². The van der Waals surface area contributed by atoms with E-state index in [9.17, 15) is 0 Å². The molecule has 0 aliphatic carbocycles. The maximum atomic E-state index is 5.96. The Morgan fingerprint density at radius 2 is 2.04 bits per heavy atom. The van der Waals surface area contributed by atoms with Gasteiger partial charge in [-0.15, -0.1) is 17.1 Å². The van der Waals surface area contributed by atoms with Crippen LogP contribution in [0.5, 0.6) is 5.75 Å². The summed E-state index contributed by atoms with van der Waals surface area (Å²) in [5, 5.41) is 7.10. The van der Waals surface area contributed by atoms with Gasteiger partial charge in [0.2, 0.25) is 5.11 Å². The van der Waals surface area contributed by atoms with Crippen molar-refractivity contribution in [3.05, 3.63) is 77.3 Å². The predicted molar refractivity (Wildman–Crippen MR) is 102 cm³/mol. The van der Waals surface area contributed by atoms with E-state index in [1.54, 1.807) is 6.08 Å². The van der Waals surface area contributed by atoms with Crippen LogP contribution in [0.1, 0.15) is 11.1 Å². The minimum absolute atomic E-state index is 0.479. The van der Waals surface area contributed by atoms with Gasteiger partial charge >= 0.3 is 0 Å². The summed E-state index contributed by atoms with van der Waals surface area (Å²) >= 11 is 11.0. The molecule has 0 saturated heterocycles. The molecule has 0 aliphatic heterocycles. The molecule has 0 aromatic heterocycles. The van der Waals surface area contributed by atoms with Gasteiger partial charge in [-0.1, -0.05) is 29.8 Å². The molecule has 4 nitrogen and oxygen atoms in total. The molecule has 24 heavy (non-hydrogen) atoms. The van der Waals surface area contributed by atoms with E-state index >= 15 is 0 Å². The van der Waals surface area contributed by atoms with E-state index in [1.807, 2.05) is 54.7 Å². The summed E-state index contributed by atoms with van der Waals surface area (Å²) in [6.45, 7) is 4.71. The van der Waals surface area contributed by atoms with E-state index in [0.717, 1.165) is 16.9 Å². The smallest absolute Gasteiger partial charge is 0.224 e. The summed E-state index contributed by atoms with van der Waals surface area (Å²) in [7, 11) is 0. The van der Waals surface area contributed by atoms with Crippen LogP contribution in [0.2, 0.25) is 5.02 Å². The van der Waals surface area contributed by atoms with Gasteiger partial charge in [-0.2, -0.15) is 0 Å². The molecule has 6 heteroatoms. The lowest BCUT2D eigenvalue weighted by atomic mass is 10.2. The molecule has 2 aromatic rings. The van der Waals surface area contributed by atoms with E-state index in [2.05, 4.69) is 22.4 Å². The number of rotatable bonds is 7. The van der Waals surface area contributed by atoms with Crippen LogP contribution in [0.4, 0.5) is 0 Å². The first-order chi connectivity index (χ1) is 11.7. The van der Waals surface area contributed by atoms with Gasteiger partial charge in [0.15, 0.2) is 6.21 Å². The summed E-state index contributed by atoms with van der Waals surface area (Å²) in [6, 6.07) is 15.3. The maximum Gasteiger partial charge on any atom is 0.224 e. The molecule has 0 bridgehead atoms. The van der Waals surface area contributed by atoms with Gasteiger partial charge in [0.25, 0.3) is 0 Å². The Hall–Kier alpha value is -2.37. The fraction of sp³-hybridized carbons (Fsp3) is 0.111. The fourth-order valence-corrected chi connectivity index (χ4v) is 2.20. The second-order valence-electron chi connectivity index (χ2n) is 4.90. The van der Waals surface area contributed by atoms with Crippen LogP contribution >= 0.6 is 23.8 Å². The molecule has 3 N–H and O–H groups in total. The Balaban J connectivity index is 1.82. The van der Waals surface area contributed by atoms with Crippen molar-refractivity contribution >= 4 is 35.1 Å². The standard InChI is InChI=1S/C18H18ClN3OS/c1-2-10-20-18(24)22-21-12-14-6-8-17(9-7-14)23-13-15-4-3-5-16(19)11-15/h2-9,11-12H,1,10,13H2,(H2,20,22,24)/p+1. The third-order valence-corrected chi connectivity index (χ3v) is 3.49. The second kappa shape index (κ2) is 9.70. The normalized spacial score (nSPS) is 10.4. The number of thiocarbonyl (C=S) groups is 1. The molecule has 0 saturated carbocycles. The van der Waals surface area contributed by atoms with Gasteiger partial charge < -0.3 is 10.1 Å². The largest absolute Gasteiger partial charge is 0.489 e. The number of hydrazine groups is 1. The van der Waals surface area contributed by atoms with E-state index < -0.39 is 0 Å². The number of halogens is 1. The average molecular weight is 361 g/mol. The van der Waals surface area contributed by atoms with Crippen LogP contribution in [0.25, 0.3) is 0 Å². The van der Waals surface area contributed by atoms with Crippen molar-refractivity contribution in [3.63, 3.8) is 0 Å². The van der Waals surface area contributed by atoms with Crippen LogP contribution in [0, 0.1) is 0 Å². The van der Waals surface area contributed by atoms with Gasteiger partial charge in [-0.3, -0.25) is 0 Å². The summed E-state index contributed by atoms with van der Waals surface area (Å²) in [4.78, 5) is 0. The highest BCUT2D eigenvalue weighted by molar-refractivity contribution is 7.80. The average Bonchev–Trinajstić information content (AvgIpc) is 2.59. The molecule has 0 atom stereocenters. The van der Waals surface area contributed by atoms with Crippen molar-refractivity contribution in [1.82, 2.24) is 10.7 Å². The molecule has 124 valence electrons. The van der Waals surface area contributed by atoms with Gasteiger partial charge in [0, 0.05) is 17.1 Å². The molecular weight excluding hydrogens is 342 g/mol. The minimum atomic E-state index is 0.479. The van der Waals surface area contributed by atoms with Crippen molar-refractivity contribution in [3.8, 4) is 5.75 Å². The molecule has 0 unspecified atom stereocenters. The van der Waals surface area contributed by atoms with Crippen LogP contribution in [0.15, 0.2) is 61.2 Å². The van der Waals surface area contributed by atoms with E-state index in [-0.39, 0.29) is 0 Å². The van der Waals surface area contributed by atoms with Crippen molar-refractivity contribution in [2.45, 2.75) is 6.61 Å². The number of nitrogens with one attached hydrogen (secondary N) is 3. The van der Waals surface area contributed by atoms with Crippen molar-refractivity contribution in [2.75, 3.05) is 6.54 Å². The second-order valence-corrected chi connectivity index (χ2v) is 5.74. The molecule has 0 fully saturated rings. The number of ether oxygens (including phenoxy) is 1. The van der Waals surface area contributed by atoms with Crippen molar-refractivity contribution < 1.29 is 9.84 Å².